The van der Waals surface area contributed by atoms with Crippen LogP contribution in [-0.4, -0.2) is 36.5 Å². The average Bonchev–Trinajstić information content (AvgIpc) is 2.40. The Kier molecular flexibility index (Phi) is 4.93. The van der Waals surface area contributed by atoms with Gasteiger partial charge in [0.2, 0.25) is 0 Å². The molecule has 0 bridgehead atoms. The highest BCUT2D eigenvalue weighted by Crippen LogP contribution is 2.20. The van der Waals surface area contributed by atoms with Crippen LogP contribution in [0.2, 0.25) is 0 Å². The van der Waals surface area contributed by atoms with Crippen molar-refractivity contribution < 1.29 is 9.18 Å². The Morgan fingerprint density at radius 1 is 1.47 bits per heavy atom. The van der Waals surface area contributed by atoms with Crippen molar-refractivity contribution in [3.8, 4) is 0 Å². The fraction of sp³-hybridized carbons (Fsp3) is 0.500. The zero-order valence-corrected chi connectivity index (χ0v) is 12.5. The molecule has 1 saturated heterocycles. The molecular formula is C14H18BrFN2O. The highest BCUT2D eigenvalue weighted by atomic mass is 79.9. The van der Waals surface area contributed by atoms with E-state index in [0.29, 0.717) is 11.0 Å². The lowest BCUT2D eigenvalue weighted by atomic mass is 10.0. The number of benzene rings is 1. The van der Waals surface area contributed by atoms with Crippen LogP contribution in [0.15, 0.2) is 22.7 Å². The fourth-order valence-corrected chi connectivity index (χ4v) is 2.84. The van der Waals surface area contributed by atoms with Crippen molar-refractivity contribution in [3.05, 3.63) is 34.1 Å². The van der Waals surface area contributed by atoms with E-state index in [4.69, 9.17) is 0 Å². The first-order valence-corrected chi connectivity index (χ1v) is 7.39. The summed E-state index contributed by atoms with van der Waals surface area (Å²) < 4.78 is 14.5. The Morgan fingerprint density at radius 3 is 2.74 bits per heavy atom. The van der Waals surface area contributed by atoms with Crippen LogP contribution in [0, 0.1) is 5.82 Å². The van der Waals surface area contributed by atoms with Crippen molar-refractivity contribution in [2.75, 3.05) is 19.6 Å². The normalized spacial score (nSPS) is 16.4. The first-order chi connectivity index (χ1) is 9.13. The van der Waals surface area contributed by atoms with Gasteiger partial charge < -0.3 is 10.2 Å². The van der Waals surface area contributed by atoms with Crippen molar-refractivity contribution in [2.45, 2.75) is 25.8 Å². The minimum Gasteiger partial charge on any atom is -0.336 e. The molecule has 2 rings (SSSR count). The van der Waals surface area contributed by atoms with Gasteiger partial charge in [-0.3, -0.25) is 4.79 Å². The van der Waals surface area contributed by atoms with E-state index >= 15 is 0 Å². The Bertz CT molecular complexity index is 461. The predicted octanol–water partition coefficient (Wildman–Crippen LogP) is 2.80. The monoisotopic (exact) mass is 328 g/mol. The van der Waals surface area contributed by atoms with Crippen molar-refractivity contribution in [1.29, 1.82) is 0 Å². The van der Waals surface area contributed by atoms with Gasteiger partial charge in [0.15, 0.2) is 0 Å². The van der Waals surface area contributed by atoms with E-state index in [2.05, 4.69) is 21.2 Å². The molecule has 0 aromatic heterocycles. The van der Waals surface area contributed by atoms with Crippen LogP contribution in [0.25, 0.3) is 0 Å². The standard InChI is InChI=1S/C14H18BrFN2O/c1-2-18(11-5-7-17-8-6-11)14(19)12-4-3-10(15)9-13(12)16/h3-4,9,11,17H,2,5-8H2,1H3. The Morgan fingerprint density at radius 2 is 2.16 bits per heavy atom. The lowest BCUT2D eigenvalue weighted by Crippen LogP contribution is -2.46. The molecule has 1 amide bonds. The molecule has 1 aliphatic heterocycles. The molecule has 0 radical (unpaired) electrons. The predicted molar refractivity (Wildman–Crippen MR) is 76.7 cm³/mol. The van der Waals surface area contributed by atoms with Crippen LogP contribution < -0.4 is 5.32 Å². The maximum absolute atomic E-state index is 13.9. The Balaban J connectivity index is 2.19. The molecule has 1 fully saturated rings. The topological polar surface area (TPSA) is 32.3 Å². The first-order valence-electron chi connectivity index (χ1n) is 6.60. The van der Waals surface area contributed by atoms with Gasteiger partial charge in [-0.2, -0.15) is 0 Å². The van der Waals surface area contributed by atoms with Gasteiger partial charge in [0.1, 0.15) is 5.82 Å². The molecule has 5 heteroatoms. The lowest BCUT2D eigenvalue weighted by Gasteiger charge is -2.34. The Hall–Kier alpha value is -0.940. The second-order valence-corrected chi connectivity index (χ2v) is 5.61. The number of nitrogens with zero attached hydrogens (tertiary/aromatic N) is 1. The maximum atomic E-state index is 13.9. The van der Waals surface area contributed by atoms with Gasteiger partial charge in [0.05, 0.1) is 5.56 Å². The van der Waals surface area contributed by atoms with E-state index in [-0.39, 0.29) is 17.5 Å². The zero-order valence-electron chi connectivity index (χ0n) is 11.0. The van der Waals surface area contributed by atoms with E-state index in [1.54, 1.807) is 17.0 Å². The summed E-state index contributed by atoms with van der Waals surface area (Å²) in [5.74, 6) is -0.675. The second-order valence-electron chi connectivity index (χ2n) is 4.70. The number of piperidine rings is 1. The van der Waals surface area contributed by atoms with Crippen molar-refractivity contribution in [2.24, 2.45) is 0 Å². The molecule has 0 saturated carbocycles. The summed E-state index contributed by atoms with van der Waals surface area (Å²) in [6.45, 7) is 4.38. The summed E-state index contributed by atoms with van der Waals surface area (Å²) in [4.78, 5) is 14.2. The van der Waals surface area contributed by atoms with Crippen LogP contribution >= 0.6 is 15.9 Å². The number of carbonyl (C=O) groups is 1. The number of amides is 1. The summed E-state index contributed by atoms with van der Waals surface area (Å²) in [7, 11) is 0. The van der Waals surface area contributed by atoms with Crippen LogP contribution in [0.3, 0.4) is 0 Å². The molecule has 0 unspecified atom stereocenters. The van der Waals surface area contributed by atoms with Gasteiger partial charge >= 0.3 is 0 Å². The summed E-state index contributed by atoms with van der Waals surface area (Å²) in [5.41, 5.74) is 0.156. The number of carbonyl (C=O) groups excluding carboxylic acids is 1. The van der Waals surface area contributed by atoms with E-state index in [1.165, 1.54) is 6.07 Å². The van der Waals surface area contributed by atoms with E-state index in [0.717, 1.165) is 25.9 Å². The highest BCUT2D eigenvalue weighted by Gasteiger charge is 2.26. The number of rotatable bonds is 3. The highest BCUT2D eigenvalue weighted by molar-refractivity contribution is 9.10. The van der Waals surface area contributed by atoms with Gasteiger partial charge in [0, 0.05) is 17.1 Å². The van der Waals surface area contributed by atoms with Crippen molar-refractivity contribution >= 4 is 21.8 Å². The number of hydrogen-bond donors (Lipinski definition) is 1. The third-order valence-electron chi connectivity index (χ3n) is 3.51. The summed E-state index contributed by atoms with van der Waals surface area (Å²) in [6.07, 6.45) is 1.86. The number of halogens is 2. The molecule has 1 aliphatic rings. The van der Waals surface area contributed by atoms with Gasteiger partial charge in [-0.25, -0.2) is 4.39 Å². The number of nitrogens with one attached hydrogen (secondary N) is 1. The molecule has 1 aromatic rings. The third-order valence-corrected chi connectivity index (χ3v) is 4.01. The minimum absolute atomic E-state index is 0.156. The summed E-state index contributed by atoms with van der Waals surface area (Å²) >= 11 is 3.20. The molecule has 1 heterocycles. The van der Waals surface area contributed by atoms with Crippen LogP contribution in [-0.2, 0) is 0 Å². The lowest BCUT2D eigenvalue weighted by molar-refractivity contribution is 0.0651. The van der Waals surface area contributed by atoms with Crippen LogP contribution in [0.5, 0.6) is 0 Å². The summed E-state index contributed by atoms with van der Waals surface area (Å²) in [6, 6.07) is 4.79. The average molecular weight is 329 g/mol. The molecule has 1 N–H and O–H groups in total. The van der Waals surface area contributed by atoms with Gasteiger partial charge in [-0.1, -0.05) is 15.9 Å². The van der Waals surface area contributed by atoms with Crippen LogP contribution in [0.4, 0.5) is 4.39 Å². The zero-order chi connectivity index (χ0) is 13.8. The fourth-order valence-electron chi connectivity index (χ4n) is 2.50. The molecule has 3 nitrogen and oxygen atoms in total. The molecule has 0 aliphatic carbocycles. The Labute approximate surface area is 121 Å². The van der Waals surface area contributed by atoms with Gasteiger partial charge in [-0.05, 0) is 51.1 Å². The van der Waals surface area contributed by atoms with Crippen molar-refractivity contribution in [1.82, 2.24) is 10.2 Å². The first kappa shape index (κ1) is 14.5. The maximum Gasteiger partial charge on any atom is 0.257 e. The largest absolute Gasteiger partial charge is 0.336 e. The van der Waals surface area contributed by atoms with E-state index < -0.39 is 5.82 Å². The number of hydrogen-bond acceptors (Lipinski definition) is 2. The summed E-state index contributed by atoms with van der Waals surface area (Å²) in [5, 5.41) is 3.27. The molecule has 19 heavy (non-hydrogen) atoms. The van der Waals surface area contributed by atoms with Gasteiger partial charge in [-0.15, -0.1) is 0 Å². The van der Waals surface area contributed by atoms with Crippen molar-refractivity contribution in [3.63, 3.8) is 0 Å². The SMILES string of the molecule is CCN(C(=O)c1ccc(Br)cc1F)C1CCNCC1. The third kappa shape index (κ3) is 3.34. The van der Waals surface area contributed by atoms with E-state index in [9.17, 15) is 9.18 Å². The molecule has 104 valence electrons. The van der Waals surface area contributed by atoms with Crippen LogP contribution in [0.1, 0.15) is 30.1 Å². The smallest absolute Gasteiger partial charge is 0.257 e. The molecule has 1 aromatic carbocycles. The van der Waals surface area contributed by atoms with Gasteiger partial charge in [0.25, 0.3) is 5.91 Å². The molecule has 0 spiro atoms. The molecular weight excluding hydrogens is 311 g/mol. The minimum atomic E-state index is -0.466. The van der Waals surface area contributed by atoms with E-state index in [1.807, 2.05) is 6.92 Å². The quantitative estimate of drug-likeness (QED) is 0.925. The second kappa shape index (κ2) is 6.48. The molecule has 0 atom stereocenters.